The average Bonchev–Trinajstić information content (AvgIpc) is 2.08. The minimum Gasteiger partial charge on any atom is -0.469 e. The molecule has 14 heavy (non-hydrogen) atoms. The van der Waals surface area contributed by atoms with Crippen molar-refractivity contribution in [1.29, 1.82) is 0 Å². The van der Waals surface area contributed by atoms with Crippen LogP contribution in [-0.2, 0) is 14.3 Å². The number of hydrogen-bond donors (Lipinski definition) is 1. The van der Waals surface area contributed by atoms with Gasteiger partial charge in [-0.2, -0.15) is 0 Å². The number of rotatable bonds is 1. The molecule has 2 fully saturated rings. The molecule has 1 spiro atoms. The van der Waals surface area contributed by atoms with Gasteiger partial charge in [0.25, 0.3) is 0 Å². The van der Waals surface area contributed by atoms with Crippen molar-refractivity contribution < 1.29 is 14.3 Å². The van der Waals surface area contributed by atoms with Gasteiger partial charge in [-0.15, -0.1) is 0 Å². The normalized spacial score (nSPS) is 38.2. The van der Waals surface area contributed by atoms with E-state index in [-0.39, 0.29) is 28.7 Å². The first-order valence-corrected chi connectivity index (χ1v) is 4.82. The first-order valence-electron chi connectivity index (χ1n) is 4.82. The lowest BCUT2D eigenvalue weighted by Gasteiger charge is -2.64. The Balaban J connectivity index is 2.10. The Labute approximate surface area is 83.0 Å². The lowest BCUT2D eigenvalue weighted by atomic mass is 9.46. The van der Waals surface area contributed by atoms with Crippen LogP contribution in [0.5, 0.6) is 0 Å². The standard InChI is InChI=1S/C10H15NO3/c1-9(2)6(8(13)14-3)4-10(9)5-7(12)11-10/h6H,4-5H2,1-3H3,(H,11,12). The van der Waals surface area contributed by atoms with Crippen molar-refractivity contribution in [3.05, 3.63) is 0 Å². The molecule has 1 N–H and O–H groups in total. The zero-order chi connectivity index (χ0) is 10.6. The third-order valence-electron chi connectivity index (χ3n) is 3.98. The van der Waals surface area contributed by atoms with Gasteiger partial charge in [0, 0.05) is 5.41 Å². The average molecular weight is 197 g/mol. The lowest BCUT2D eigenvalue weighted by Crippen LogP contribution is -2.78. The minimum absolute atomic E-state index is 0.0758. The molecule has 1 amide bonds. The Morgan fingerprint density at radius 1 is 1.57 bits per heavy atom. The van der Waals surface area contributed by atoms with Crippen LogP contribution >= 0.6 is 0 Å². The molecule has 1 aliphatic carbocycles. The summed E-state index contributed by atoms with van der Waals surface area (Å²) >= 11 is 0. The highest BCUT2D eigenvalue weighted by Crippen LogP contribution is 2.59. The number of nitrogens with one attached hydrogen (secondary N) is 1. The van der Waals surface area contributed by atoms with Gasteiger partial charge < -0.3 is 10.1 Å². The van der Waals surface area contributed by atoms with E-state index >= 15 is 0 Å². The van der Waals surface area contributed by atoms with Gasteiger partial charge in [-0.25, -0.2) is 0 Å². The van der Waals surface area contributed by atoms with E-state index in [9.17, 15) is 9.59 Å². The Morgan fingerprint density at radius 3 is 2.50 bits per heavy atom. The maximum atomic E-state index is 11.4. The van der Waals surface area contributed by atoms with E-state index in [1.165, 1.54) is 7.11 Å². The summed E-state index contributed by atoms with van der Waals surface area (Å²) in [4.78, 5) is 22.3. The Morgan fingerprint density at radius 2 is 2.14 bits per heavy atom. The van der Waals surface area contributed by atoms with Crippen LogP contribution in [0.4, 0.5) is 0 Å². The van der Waals surface area contributed by atoms with Gasteiger partial charge in [-0.3, -0.25) is 9.59 Å². The van der Waals surface area contributed by atoms with Crippen molar-refractivity contribution in [3.63, 3.8) is 0 Å². The second-order valence-corrected chi connectivity index (χ2v) is 4.81. The van der Waals surface area contributed by atoms with E-state index in [4.69, 9.17) is 4.74 Å². The summed E-state index contributed by atoms with van der Waals surface area (Å²) in [7, 11) is 1.41. The largest absolute Gasteiger partial charge is 0.469 e. The Kier molecular flexibility index (Phi) is 1.69. The summed E-state index contributed by atoms with van der Waals surface area (Å²) in [6.07, 6.45) is 1.27. The molecule has 0 aromatic rings. The van der Waals surface area contributed by atoms with Gasteiger partial charge in [0.1, 0.15) is 0 Å². The van der Waals surface area contributed by atoms with Gasteiger partial charge >= 0.3 is 5.97 Å². The summed E-state index contributed by atoms with van der Waals surface area (Å²) in [6, 6.07) is 0. The highest BCUT2D eigenvalue weighted by atomic mass is 16.5. The number of amides is 1. The third kappa shape index (κ3) is 0.885. The zero-order valence-electron chi connectivity index (χ0n) is 8.72. The molecule has 0 bridgehead atoms. The van der Waals surface area contributed by atoms with E-state index in [1.54, 1.807) is 0 Å². The second-order valence-electron chi connectivity index (χ2n) is 4.81. The topological polar surface area (TPSA) is 55.4 Å². The number of ether oxygens (including phenoxy) is 1. The summed E-state index contributed by atoms with van der Waals surface area (Å²) in [6.45, 7) is 4.02. The van der Waals surface area contributed by atoms with Crippen molar-refractivity contribution in [3.8, 4) is 0 Å². The molecular formula is C10H15NO3. The fraction of sp³-hybridized carbons (Fsp3) is 0.800. The van der Waals surface area contributed by atoms with E-state index in [0.29, 0.717) is 6.42 Å². The van der Waals surface area contributed by atoms with E-state index in [2.05, 4.69) is 5.32 Å². The SMILES string of the molecule is COC(=O)C1CC2(CC(=O)N2)C1(C)C. The Bertz CT molecular complexity index is 300. The predicted molar refractivity (Wildman–Crippen MR) is 49.4 cm³/mol. The van der Waals surface area contributed by atoms with Crippen molar-refractivity contribution >= 4 is 11.9 Å². The van der Waals surface area contributed by atoms with Crippen molar-refractivity contribution in [1.82, 2.24) is 5.32 Å². The zero-order valence-corrected chi connectivity index (χ0v) is 8.72. The van der Waals surface area contributed by atoms with Gasteiger partial charge in [0.15, 0.2) is 0 Å². The fourth-order valence-electron chi connectivity index (χ4n) is 2.62. The predicted octanol–water partition coefficient (Wildman–Crippen LogP) is 0.464. The van der Waals surface area contributed by atoms with Crippen LogP contribution in [0, 0.1) is 11.3 Å². The molecule has 0 aromatic heterocycles. The maximum absolute atomic E-state index is 11.4. The molecule has 2 rings (SSSR count). The molecule has 1 heterocycles. The summed E-state index contributed by atoms with van der Waals surface area (Å²) in [5.41, 5.74) is -0.309. The quantitative estimate of drug-likeness (QED) is 0.491. The number of carbonyl (C=O) groups is 2. The van der Waals surface area contributed by atoms with Crippen LogP contribution in [-0.4, -0.2) is 24.5 Å². The molecule has 4 nitrogen and oxygen atoms in total. The first kappa shape index (κ1) is 9.49. The van der Waals surface area contributed by atoms with Crippen LogP contribution < -0.4 is 5.32 Å². The van der Waals surface area contributed by atoms with Crippen molar-refractivity contribution in [2.24, 2.45) is 11.3 Å². The second kappa shape index (κ2) is 2.49. The van der Waals surface area contributed by atoms with Gasteiger partial charge in [-0.05, 0) is 6.42 Å². The molecule has 0 aromatic carbocycles. The number of hydrogen-bond acceptors (Lipinski definition) is 3. The number of methoxy groups -OCH3 is 1. The monoisotopic (exact) mass is 197 g/mol. The summed E-state index contributed by atoms with van der Waals surface area (Å²) < 4.78 is 4.73. The highest BCUT2D eigenvalue weighted by Gasteiger charge is 2.67. The number of carbonyl (C=O) groups excluding carboxylic acids is 2. The van der Waals surface area contributed by atoms with Crippen LogP contribution in [0.15, 0.2) is 0 Å². The molecule has 4 heteroatoms. The molecule has 1 saturated heterocycles. The van der Waals surface area contributed by atoms with Crippen molar-refractivity contribution in [2.45, 2.75) is 32.2 Å². The molecule has 2 atom stereocenters. The molecule has 2 aliphatic rings. The summed E-state index contributed by atoms with van der Waals surface area (Å²) in [5, 5.41) is 2.91. The number of β-lactam (4-membered cyclic amide) rings is 1. The Hall–Kier alpha value is -1.06. The van der Waals surface area contributed by atoms with E-state index < -0.39 is 0 Å². The molecule has 2 unspecified atom stereocenters. The molecule has 78 valence electrons. The van der Waals surface area contributed by atoms with Crippen LogP contribution in [0.1, 0.15) is 26.7 Å². The van der Waals surface area contributed by atoms with Gasteiger partial charge in [0.05, 0.1) is 25.0 Å². The maximum Gasteiger partial charge on any atom is 0.309 e. The van der Waals surface area contributed by atoms with Crippen LogP contribution in [0.25, 0.3) is 0 Å². The highest BCUT2D eigenvalue weighted by molar-refractivity contribution is 5.88. The van der Waals surface area contributed by atoms with Gasteiger partial charge in [0.2, 0.25) is 5.91 Å². The molecule has 0 radical (unpaired) electrons. The summed E-state index contributed by atoms with van der Waals surface area (Å²) in [5.74, 6) is -0.156. The van der Waals surface area contributed by atoms with Crippen LogP contribution in [0.3, 0.4) is 0 Å². The lowest BCUT2D eigenvalue weighted by molar-refractivity contribution is -0.183. The molecule has 1 saturated carbocycles. The van der Waals surface area contributed by atoms with E-state index in [1.807, 2.05) is 13.8 Å². The third-order valence-corrected chi connectivity index (χ3v) is 3.98. The van der Waals surface area contributed by atoms with Crippen LogP contribution in [0.2, 0.25) is 0 Å². The van der Waals surface area contributed by atoms with E-state index in [0.717, 1.165) is 6.42 Å². The first-order chi connectivity index (χ1) is 6.43. The molecule has 1 aliphatic heterocycles. The minimum atomic E-state index is -0.173. The number of esters is 1. The fourth-order valence-corrected chi connectivity index (χ4v) is 2.62. The smallest absolute Gasteiger partial charge is 0.309 e. The van der Waals surface area contributed by atoms with Gasteiger partial charge in [-0.1, -0.05) is 13.8 Å². The molecular weight excluding hydrogens is 182 g/mol. The van der Waals surface area contributed by atoms with Crippen molar-refractivity contribution in [2.75, 3.05) is 7.11 Å².